The summed E-state index contributed by atoms with van der Waals surface area (Å²) < 4.78 is 59.6. The van der Waals surface area contributed by atoms with Crippen LogP contribution in [0.1, 0.15) is 42.4 Å². The van der Waals surface area contributed by atoms with Gasteiger partial charge in [0.2, 0.25) is 0 Å². The highest BCUT2D eigenvalue weighted by Gasteiger charge is 2.31. The number of carbonyl (C=O) groups excluding carboxylic acids is 2. The van der Waals surface area contributed by atoms with Gasteiger partial charge in [0.15, 0.2) is 5.82 Å². The van der Waals surface area contributed by atoms with Gasteiger partial charge in [0.25, 0.3) is 16.0 Å². The molecule has 3 aromatic carbocycles. The third-order valence-electron chi connectivity index (χ3n) is 7.57. The smallest absolute Gasteiger partial charge is 0.353 e. The average molecular weight is 667 g/mol. The largest absolute Gasteiger partial charge is 0.368 e. The molecule has 0 spiro atoms. The summed E-state index contributed by atoms with van der Waals surface area (Å²) in [6, 6.07) is 18.3. The lowest BCUT2D eigenvalue weighted by molar-refractivity contribution is 0.0737. The van der Waals surface area contributed by atoms with Gasteiger partial charge in [-0.2, -0.15) is 13.5 Å². The van der Waals surface area contributed by atoms with Crippen LogP contribution >= 0.6 is 0 Å². The predicted octanol–water partition coefficient (Wildman–Crippen LogP) is 5.65. The normalized spacial score (nSPS) is 13.9. The first-order valence-corrected chi connectivity index (χ1v) is 16.7. The van der Waals surface area contributed by atoms with Crippen molar-refractivity contribution in [2.45, 2.75) is 33.1 Å². The van der Waals surface area contributed by atoms with Crippen molar-refractivity contribution in [2.24, 2.45) is 0 Å². The Morgan fingerprint density at radius 3 is 2.02 bits per heavy atom. The second-order valence-corrected chi connectivity index (χ2v) is 13.9. The molecule has 4 aromatic rings. The molecule has 0 aliphatic carbocycles. The Kier molecular flexibility index (Phi) is 9.36. The fourth-order valence-corrected chi connectivity index (χ4v) is 5.44. The van der Waals surface area contributed by atoms with Gasteiger partial charge in [0.05, 0.1) is 17.6 Å². The van der Waals surface area contributed by atoms with Crippen LogP contribution in [0.3, 0.4) is 0 Å². The van der Waals surface area contributed by atoms with Gasteiger partial charge in [-0.15, -0.1) is 9.35 Å². The number of urea groups is 1. The molecule has 1 fully saturated rings. The van der Waals surface area contributed by atoms with E-state index in [1.54, 1.807) is 30.3 Å². The number of benzene rings is 3. The number of hydrogen-bond acceptors (Lipinski definition) is 7. The highest BCUT2D eigenvalue weighted by molar-refractivity contribution is 7.86. The molecule has 47 heavy (non-hydrogen) atoms. The van der Waals surface area contributed by atoms with Crippen molar-refractivity contribution in [1.29, 1.82) is 0 Å². The summed E-state index contributed by atoms with van der Waals surface area (Å²) in [5.41, 5.74) is 2.38. The van der Waals surface area contributed by atoms with Crippen LogP contribution < -0.4 is 15.3 Å². The first-order valence-electron chi connectivity index (χ1n) is 14.9. The first kappa shape index (κ1) is 33.5. The van der Waals surface area contributed by atoms with Crippen molar-refractivity contribution >= 4 is 39.2 Å². The van der Waals surface area contributed by atoms with E-state index in [4.69, 9.17) is 4.28 Å². The minimum Gasteiger partial charge on any atom is -0.368 e. The highest BCUT2D eigenvalue weighted by atomic mass is 32.2. The minimum absolute atomic E-state index is 0.0843. The van der Waals surface area contributed by atoms with Crippen molar-refractivity contribution < 1.29 is 31.1 Å². The molecule has 1 N–H and O–H groups in total. The van der Waals surface area contributed by atoms with E-state index in [1.807, 2.05) is 56.9 Å². The van der Waals surface area contributed by atoms with Gasteiger partial charge in [-0.3, -0.25) is 4.79 Å². The number of nitrogens with one attached hydrogen (secondary N) is 1. The highest BCUT2D eigenvalue weighted by Crippen LogP contribution is 2.30. The SMILES string of the molecule is Cc1ccc(-n2nc(C(C)(C)C)cc2N(OS(C)(=O)=O)C(=O)Nc2ccc(N3CCN(C(=O)c4c(F)cccc4F)CC3)cc2)cc1. The van der Waals surface area contributed by atoms with E-state index in [0.717, 1.165) is 29.6 Å². The second-order valence-electron chi connectivity index (χ2n) is 12.3. The third kappa shape index (κ3) is 7.77. The van der Waals surface area contributed by atoms with Gasteiger partial charge in [0.1, 0.15) is 17.2 Å². The zero-order chi connectivity index (χ0) is 34.1. The summed E-state index contributed by atoms with van der Waals surface area (Å²) in [6.07, 6.45) is 0.847. The molecular formula is C33H36F2N6O5S. The lowest BCUT2D eigenvalue weighted by atomic mass is 9.92. The molecule has 2 heterocycles. The third-order valence-corrected chi connectivity index (χ3v) is 7.99. The monoisotopic (exact) mass is 666 g/mol. The van der Waals surface area contributed by atoms with Crippen LogP contribution in [-0.2, 0) is 19.8 Å². The number of aryl methyl sites for hydroxylation is 1. The zero-order valence-electron chi connectivity index (χ0n) is 26.7. The number of rotatable bonds is 7. The summed E-state index contributed by atoms with van der Waals surface area (Å²) in [4.78, 5) is 29.8. The van der Waals surface area contributed by atoms with Crippen LogP contribution in [0, 0.1) is 18.6 Å². The summed E-state index contributed by atoms with van der Waals surface area (Å²) >= 11 is 0. The maximum Gasteiger partial charge on any atom is 0.353 e. The lowest BCUT2D eigenvalue weighted by Crippen LogP contribution is -2.49. The number of halogens is 2. The molecule has 0 radical (unpaired) electrons. The summed E-state index contributed by atoms with van der Waals surface area (Å²) in [5, 5.41) is 8.04. The van der Waals surface area contributed by atoms with Crippen molar-refractivity contribution in [1.82, 2.24) is 14.7 Å². The van der Waals surface area contributed by atoms with E-state index in [-0.39, 0.29) is 18.9 Å². The Bertz CT molecular complexity index is 1860. The average Bonchev–Trinajstić information content (AvgIpc) is 3.46. The van der Waals surface area contributed by atoms with Crippen LogP contribution in [0.4, 0.5) is 30.8 Å². The Balaban J connectivity index is 1.33. The Labute approximate surface area is 272 Å². The van der Waals surface area contributed by atoms with Crippen molar-refractivity contribution in [3.05, 3.63) is 101 Å². The molecule has 11 nitrogen and oxygen atoms in total. The molecule has 5 rings (SSSR count). The maximum absolute atomic E-state index is 14.1. The van der Waals surface area contributed by atoms with Gasteiger partial charge in [-0.1, -0.05) is 44.5 Å². The Hall–Kier alpha value is -4.82. The number of hydrogen-bond donors (Lipinski definition) is 1. The van der Waals surface area contributed by atoms with Gasteiger partial charge >= 0.3 is 6.03 Å². The molecule has 1 aliphatic rings. The number of amides is 3. The molecule has 1 aliphatic heterocycles. The molecule has 14 heteroatoms. The maximum atomic E-state index is 14.1. The van der Waals surface area contributed by atoms with Crippen LogP contribution in [-0.4, -0.2) is 67.5 Å². The van der Waals surface area contributed by atoms with E-state index in [1.165, 1.54) is 15.6 Å². The predicted molar refractivity (Wildman–Crippen MR) is 175 cm³/mol. The number of aromatic nitrogens is 2. The summed E-state index contributed by atoms with van der Waals surface area (Å²) in [6.45, 7) is 9.13. The van der Waals surface area contributed by atoms with E-state index >= 15 is 0 Å². The number of hydroxylamine groups is 1. The van der Waals surface area contributed by atoms with Gasteiger partial charge in [0, 0.05) is 49.0 Å². The number of anilines is 3. The molecule has 0 unspecified atom stereocenters. The zero-order valence-corrected chi connectivity index (χ0v) is 27.5. The minimum atomic E-state index is -4.15. The van der Waals surface area contributed by atoms with E-state index in [2.05, 4.69) is 10.4 Å². The Morgan fingerprint density at radius 2 is 1.47 bits per heavy atom. The second kappa shape index (κ2) is 13.1. The van der Waals surface area contributed by atoms with Gasteiger partial charge in [-0.05, 0) is 55.5 Å². The molecule has 3 amide bonds. The van der Waals surface area contributed by atoms with E-state index < -0.39 is 44.7 Å². The van der Waals surface area contributed by atoms with Crippen LogP contribution in [0.5, 0.6) is 0 Å². The number of carbonyl (C=O) groups is 2. The first-order chi connectivity index (χ1) is 22.1. The number of piperazine rings is 1. The van der Waals surface area contributed by atoms with Gasteiger partial charge < -0.3 is 15.1 Å². The summed E-state index contributed by atoms with van der Waals surface area (Å²) in [7, 11) is -4.15. The topological polar surface area (TPSA) is 117 Å². The fraction of sp³-hybridized carbons (Fsp3) is 0.303. The molecule has 1 aromatic heterocycles. The molecule has 248 valence electrons. The molecule has 0 bridgehead atoms. The molecule has 0 atom stereocenters. The van der Waals surface area contributed by atoms with Crippen molar-refractivity contribution in [3.63, 3.8) is 0 Å². The van der Waals surface area contributed by atoms with Crippen LogP contribution in [0.15, 0.2) is 72.8 Å². The summed E-state index contributed by atoms with van der Waals surface area (Å²) in [5.74, 6) is -2.41. The van der Waals surface area contributed by atoms with Crippen molar-refractivity contribution in [3.8, 4) is 5.69 Å². The number of nitrogens with zero attached hydrogens (tertiary/aromatic N) is 5. The molecule has 0 saturated carbocycles. The molecule has 1 saturated heterocycles. The lowest BCUT2D eigenvalue weighted by Gasteiger charge is -2.36. The van der Waals surface area contributed by atoms with Crippen LogP contribution in [0.25, 0.3) is 5.69 Å². The van der Waals surface area contributed by atoms with Crippen LogP contribution in [0.2, 0.25) is 0 Å². The quantitative estimate of drug-likeness (QED) is 0.254. The Morgan fingerprint density at radius 1 is 0.894 bits per heavy atom. The van der Waals surface area contributed by atoms with Gasteiger partial charge in [-0.25, -0.2) is 18.3 Å². The standard InChI is InChI=1S/C33H36F2N6O5S/c1-22-9-13-25(14-10-22)40-29(21-28(37-40)33(2,3)4)41(46-47(5,44)45)32(43)36-23-11-15-24(16-12-23)38-17-19-39(20-18-38)31(42)30-26(34)7-6-8-27(30)35/h6-16,21H,17-20H2,1-5H3,(H,36,43). The van der Waals surface area contributed by atoms with E-state index in [9.17, 15) is 26.8 Å². The molecular weight excluding hydrogens is 630 g/mol. The van der Waals surface area contributed by atoms with E-state index in [0.29, 0.717) is 35.2 Å². The van der Waals surface area contributed by atoms with Crippen molar-refractivity contribution in [2.75, 3.05) is 47.7 Å². The fourth-order valence-electron chi connectivity index (χ4n) is 5.03.